The van der Waals surface area contributed by atoms with Gasteiger partial charge in [-0.1, -0.05) is 12.1 Å². The highest BCUT2D eigenvalue weighted by atomic mass is 16.6. The van der Waals surface area contributed by atoms with Gasteiger partial charge in [-0.3, -0.25) is 25.0 Å². The zero-order valence-electron chi connectivity index (χ0n) is 13.3. The molecule has 1 aliphatic rings. The fourth-order valence-corrected chi connectivity index (χ4v) is 2.55. The summed E-state index contributed by atoms with van der Waals surface area (Å²) in [6.45, 7) is 0. The highest BCUT2D eigenvalue weighted by Gasteiger charge is 2.47. The average molecular weight is 360 g/mol. The molecule has 10 nitrogen and oxygen atoms in total. The third-order valence-electron chi connectivity index (χ3n) is 3.94. The number of carbonyl (C=O) groups is 1. The first-order valence-electron chi connectivity index (χ1n) is 7.33. The molecule has 1 N–H and O–H groups in total. The van der Waals surface area contributed by atoms with Gasteiger partial charge in [0.1, 0.15) is 11.9 Å². The van der Waals surface area contributed by atoms with E-state index in [0.29, 0.717) is 11.3 Å². The second kappa shape index (κ2) is 6.41. The minimum atomic E-state index is -1.10. The number of phenols is 1. The number of ketones is 1. The Bertz CT molecular complexity index is 874. The maximum atomic E-state index is 12.5. The molecule has 2 unspecified atom stereocenters. The summed E-state index contributed by atoms with van der Waals surface area (Å²) in [6, 6.07) is 8.40. The Morgan fingerprint density at radius 1 is 1.12 bits per heavy atom. The number of benzene rings is 2. The molecular weight excluding hydrogens is 348 g/mol. The van der Waals surface area contributed by atoms with Crippen molar-refractivity contribution in [3.05, 3.63) is 67.8 Å². The summed E-state index contributed by atoms with van der Waals surface area (Å²) in [5, 5.41) is 31.6. The van der Waals surface area contributed by atoms with Crippen LogP contribution < -0.4 is 4.74 Å². The van der Waals surface area contributed by atoms with E-state index in [-0.39, 0.29) is 5.56 Å². The number of hydrogen-bond donors (Lipinski definition) is 1. The quantitative estimate of drug-likeness (QED) is 0.358. The Kier molecular flexibility index (Phi) is 4.26. The fraction of sp³-hybridized carbons (Fsp3) is 0.188. The van der Waals surface area contributed by atoms with Crippen LogP contribution >= 0.6 is 0 Å². The number of aromatic hydroxyl groups is 1. The van der Waals surface area contributed by atoms with Gasteiger partial charge in [0, 0.05) is 17.7 Å². The maximum Gasteiger partial charge on any atom is 0.318 e. The predicted octanol–water partition coefficient (Wildman–Crippen LogP) is 2.54. The zero-order chi connectivity index (χ0) is 19.0. The van der Waals surface area contributed by atoms with Crippen LogP contribution in [0.25, 0.3) is 0 Å². The standard InChI is InChI=1S/C16H12N2O8/c1-25-10-4-2-8(3-5-10)15-16(26-15)13(19)9-6-11(17(21)22)14(20)12(7-9)18(23)24/h2-7,15-16,20H,1H3. The number of carbonyl (C=O) groups excluding carboxylic acids is 1. The highest BCUT2D eigenvalue weighted by Crippen LogP contribution is 2.43. The average Bonchev–Trinajstić information content (AvgIpc) is 3.41. The molecule has 0 aliphatic carbocycles. The van der Waals surface area contributed by atoms with Gasteiger partial charge < -0.3 is 14.6 Å². The van der Waals surface area contributed by atoms with Crippen molar-refractivity contribution < 1.29 is 29.2 Å². The van der Waals surface area contributed by atoms with Gasteiger partial charge >= 0.3 is 11.4 Å². The molecule has 0 saturated carbocycles. The Labute approximate surface area is 145 Å². The Balaban J connectivity index is 1.88. The van der Waals surface area contributed by atoms with Crippen LogP contribution in [-0.4, -0.2) is 34.0 Å². The van der Waals surface area contributed by atoms with Crippen molar-refractivity contribution in [3.8, 4) is 11.5 Å². The predicted molar refractivity (Wildman–Crippen MR) is 86.4 cm³/mol. The molecule has 1 heterocycles. The number of nitrogens with zero attached hydrogens (tertiary/aromatic N) is 2. The molecule has 1 saturated heterocycles. The summed E-state index contributed by atoms with van der Waals surface area (Å²) in [4.78, 5) is 32.5. The Hall–Kier alpha value is -3.53. The van der Waals surface area contributed by atoms with Crippen molar-refractivity contribution >= 4 is 17.2 Å². The van der Waals surface area contributed by atoms with Crippen LogP contribution in [0, 0.1) is 20.2 Å². The monoisotopic (exact) mass is 360 g/mol. The van der Waals surface area contributed by atoms with Crippen LogP contribution in [0.3, 0.4) is 0 Å². The number of ether oxygens (including phenoxy) is 2. The number of nitro groups is 2. The fourth-order valence-electron chi connectivity index (χ4n) is 2.55. The first-order valence-corrected chi connectivity index (χ1v) is 7.33. The zero-order valence-corrected chi connectivity index (χ0v) is 13.3. The molecule has 0 bridgehead atoms. The van der Waals surface area contributed by atoms with Crippen LogP contribution in [0.5, 0.6) is 11.5 Å². The van der Waals surface area contributed by atoms with Gasteiger partial charge in [0.25, 0.3) is 5.75 Å². The van der Waals surface area contributed by atoms with Crippen LogP contribution in [0.2, 0.25) is 0 Å². The summed E-state index contributed by atoms with van der Waals surface area (Å²) >= 11 is 0. The highest BCUT2D eigenvalue weighted by molar-refractivity contribution is 6.03. The van der Waals surface area contributed by atoms with E-state index in [0.717, 1.165) is 12.1 Å². The molecule has 2 aromatic carbocycles. The number of Topliss-reactive ketones (excluding diaryl/α,β-unsaturated/α-hetero) is 1. The van der Waals surface area contributed by atoms with Gasteiger partial charge in [-0.25, -0.2) is 0 Å². The second-order valence-corrected chi connectivity index (χ2v) is 5.49. The number of nitro benzene ring substituents is 2. The van der Waals surface area contributed by atoms with Gasteiger partial charge in [-0.05, 0) is 17.7 Å². The first-order chi connectivity index (χ1) is 12.3. The Morgan fingerprint density at radius 3 is 2.12 bits per heavy atom. The molecule has 3 rings (SSSR count). The van der Waals surface area contributed by atoms with Crippen LogP contribution in [-0.2, 0) is 4.74 Å². The SMILES string of the molecule is COc1ccc(C2OC2C(=O)c2cc([N+](=O)[O-])c(O)c([N+](=O)[O-])c2)cc1. The first kappa shape index (κ1) is 17.3. The lowest BCUT2D eigenvalue weighted by Crippen LogP contribution is -2.09. The van der Waals surface area contributed by atoms with Crippen LogP contribution in [0.15, 0.2) is 36.4 Å². The van der Waals surface area contributed by atoms with Gasteiger partial charge in [0.15, 0.2) is 11.9 Å². The van der Waals surface area contributed by atoms with Crippen molar-refractivity contribution in [1.82, 2.24) is 0 Å². The molecule has 1 aliphatic heterocycles. The second-order valence-electron chi connectivity index (χ2n) is 5.49. The topological polar surface area (TPSA) is 145 Å². The maximum absolute atomic E-state index is 12.5. The van der Waals surface area contributed by atoms with Crippen molar-refractivity contribution in [1.29, 1.82) is 0 Å². The van der Waals surface area contributed by atoms with E-state index < -0.39 is 45.0 Å². The summed E-state index contributed by atoms with van der Waals surface area (Å²) < 4.78 is 10.4. The molecule has 0 spiro atoms. The third kappa shape index (κ3) is 3.05. The van der Waals surface area contributed by atoms with Crippen molar-refractivity contribution in [2.45, 2.75) is 12.2 Å². The van der Waals surface area contributed by atoms with Gasteiger partial charge in [0.2, 0.25) is 0 Å². The van der Waals surface area contributed by atoms with Crippen molar-refractivity contribution in [3.63, 3.8) is 0 Å². The molecule has 1 fully saturated rings. The molecule has 2 aromatic rings. The normalized spacial score (nSPS) is 18.2. The molecule has 134 valence electrons. The van der Waals surface area contributed by atoms with E-state index in [1.54, 1.807) is 24.3 Å². The van der Waals surface area contributed by atoms with E-state index in [1.165, 1.54) is 7.11 Å². The third-order valence-corrected chi connectivity index (χ3v) is 3.94. The summed E-state index contributed by atoms with van der Waals surface area (Å²) in [7, 11) is 1.51. The number of phenolic OH excluding ortho intramolecular Hbond substituents is 1. The number of epoxide rings is 1. The van der Waals surface area contributed by atoms with E-state index in [4.69, 9.17) is 9.47 Å². The van der Waals surface area contributed by atoms with E-state index >= 15 is 0 Å². The lowest BCUT2D eigenvalue weighted by molar-refractivity contribution is -0.396. The molecule has 0 aromatic heterocycles. The minimum Gasteiger partial charge on any atom is -0.497 e. The van der Waals surface area contributed by atoms with Gasteiger partial charge in [0.05, 0.1) is 17.0 Å². The summed E-state index contributed by atoms with van der Waals surface area (Å²) in [5.41, 5.74) is -1.40. The Morgan fingerprint density at radius 2 is 1.65 bits per heavy atom. The molecular formula is C16H12N2O8. The van der Waals surface area contributed by atoms with E-state index in [1.807, 2.05) is 0 Å². The van der Waals surface area contributed by atoms with E-state index in [2.05, 4.69) is 0 Å². The summed E-state index contributed by atoms with van der Waals surface area (Å²) in [6.07, 6.45) is -1.47. The minimum absolute atomic E-state index is 0.276. The number of hydrogen-bond acceptors (Lipinski definition) is 8. The number of methoxy groups -OCH3 is 1. The van der Waals surface area contributed by atoms with Gasteiger partial charge in [-0.2, -0.15) is 0 Å². The largest absolute Gasteiger partial charge is 0.497 e. The van der Waals surface area contributed by atoms with E-state index in [9.17, 15) is 30.1 Å². The summed E-state index contributed by atoms with van der Waals surface area (Å²) in [5.74, 6) is -1.11. The molecule has 2 atom stereocenters. The van der Waals surface area contributed by atoms with Crippen LogP contribution in [0.4, 0.5) is 11.4 Å². The van der Waals surface area contributed by atoms with Gasteiger partial charge in [-0.15, -0.1) is 0 Å². The number of rotatable bonds is 6. The molecule has 10 heteroatoms. The molecule has 0 radical (unpaired) electrons. The smallest absolute Gasteiger partial charge is 0.318 e. The molecule has 0 amide bonds. The van der Waals surface area contributed by atoms with Crippen molar-refractivity contribution in [2.24, 2.45) is 0 Å². The lowest BCUT2D eigenvalue weighted by atomic mass is 10.0. The van der Waals surface area contributed by atoms with Crippen molar-refractivity contribution in [2.75, 3.05) is 7.11 Å². The van der Waals surface area contributed by atoms with Crippen LogP contribution in [0.1, 0.15) is 22.0 Å². The lowest BCUT2D eigenvalue weighted by Gasteiger charge is -2.02. The molecule has 26 heavy (non-hydrogen) atoms.